The van der Waals surface area contributed by atoms with Gasteiger partial charge in [-0.2, -0.15) is 4.31 Å². The second-order valence-corrected chi connectivity index (χ2v) is 6.97. The van der Waals surface area contributed by atoms with Gasteiger partial charge >= 0.3 is 0 Å². The zero-order valence-corrected chi connectivity index (χ0v) is 13.0. The lowest BCUT2D eigenvalue weighted by Gasteiger charge is -2.34. The van der Waals surface area contributed by atoms with Crippen molar-refractivity contribution in [2.45, 2.75) is 50.5 Å². The number of aromatic nitrogens is 1. The molecule has 1 fully saturated rings. The van der Waals surface area contributed by atoms with Gasteiger partial charge in [-0.1, -0.05) is 13.3 Å². The zero-order valence-electron chi connectivity index (χ0n) is 12.2. The van der Waals surface area contributed by atoms with Crippen LogP contribution in [0.3, 0.4) is 0 Å². The molecular formula is C14H23N3O2S. The molecular weight excluding hydrogens is 274 g/mol. The highest BCUT2D eigenvalue weighted by molar-refractivity contribution is 7.89. The number of hydrogen-bond acceptors (Lipinski definition) is 4. The Bertz CT molecular complexity index is 545. The van der Waals surface area contributed by atoms with Gasteiger partial charge in [-0.15, -0.1) is 0 Å². The number of anilines is 1. The van der Waals surface area contributed by atoms with Gasteiger partial charge in [0.2, 0.25) is 10.0 Å². The number of hydrogen-bond donors (Lipinski definition) is 1. The molecule has 2 heterocycles. The van der Waals surface area contributed by atoms with Crippen molar-refractivity contribution < 1.29 is 8.42 Å². The van der Waals surface area contributed by atoms with Gasteiger partial charge in [-0.25, -0.2) is 13.4 Å². The molecule has 5 nitrogen and oxygen atoms in total. The highest BCUT2D eigenvalue weighted by Crippen LogP contribution is 2.27. The lowest BCUT2D eigenvalue weighted by atomic mass is 10.0. The molecule has 0 radical (unpaired) electrons. The van der Waals surface area contributed by atoms with Crippen molar-refractivity contribution in [3.63, 3.8) is 0 Å². The summed E-state index contributed by atoms with van der Waals surface area (Å²) in [6, 6.07) is 3.34. The van der Waals surface area contributed by atoms with Gasteiger partial charge in [-0.3, -0.25) is 0 Å². The Morgan fingerprint density at radius 2 is 2.20 bits per heavy atom. The molecule has 112 valence electrons. The van der Waals surface area contributed by atoms with Crippen LogP contribution in [0.15, 0.2) is 23.2 Å². The molecule has 0 spiro atoms. The largest absolute Gasteiger partial charge is 0.370 e. The Kier molecular flexibility index (Phi) is 4.99. The lowest BCUT2D eigenvalue weighted by molar-refractivity contribution is 0.246. The third-order valence-electron chi connectivity index (χ3n) is 3.74. The maximum absolute atomic E-state index is 12.8. The summed E-state index contributed by atoms with van der Waals surface area (Å²) in [6.45, 7) is 5.35. The highest BCUT2D eigenvalue weighted by Gasteiger charge is 2.32. The molecule has 0 aliphatic carbocycles. The normalized spacial score (nSPS) is 20.8. The van der Waals surface area contributed by atoms with Gasteiger partial charge in [0.1, 0.15) is 5.82 Å². The Morgan fingerprint density at radius 1 is 1.40 bits per heavy atom. The van der Waals surface area contributed by atoms with Crippen LogP contribution < -0.4 is 5.32 Å². The Hall–Kier alpha value is -1.14. The highest BCUT2D eigenvalue weighted by atomic mass is 32.2. The fraction of sp³-hybridized carbons (Fsp3) is 0.643. The first kappa shape index (κ1) is 15.3. The van der Waals surface area contributed by atoms with Crippen molar-refractivity contribution >= 4 is 15.8 Å². The Balaban J connectivity index is 2.31. The number of nitrogens with one attached hydrogen (secondary N) is 1. The minimum atomic E-state index is -3.41. The zero-order chi connectivity index (χ0) is 14.6. The van der Waals surface area contributed by atoms with Crippen LogP contribution in [0.1, 0.15) is 39.5 Å². The van der Waals surface area contributed by atoms with E-state index in [0.717, 1.165) is 32.2 Å². The molecule has 0 bridgehead atoms. The van der Waals surface area contributed by atoms with E-state index < -0.39 is 10.0 Å². The number of pyridine rings is 1. The smallest absolute Gasteiger partial charge is 0.243 e. The van der Waals surface area contributed by atoms with Crippen molar-refractivity contribution in [2.75, 3.05) is 18.4 Å². The van der Waals surface area contributed by atoms with Crippen molar-refractivity contribution in [3.8, 4) is 0 Å². The van der Waals surface area contributed by atoms with E-state index >= 15 is 0 Å². The summed E-state index contributed by atoms with van der Waals surface area (Å²) >= 11 is 0. The molecule has 2 rings (SSSR count). The fourth-order valence-corrected chi connectivity index (χ4v) is 4.46. The minimum Gasteiger partial charge on any atom is -0.370 e. The van der Waals surface area contributed by atoms with E-state index in [9.17, 15) is 8.42 Å². The molecule has 6 heteroatoms. The van der Waals surface area contributed by atoms with E-state index in [1.165, 1.54) is 0 Å². The van der Waals surface area contributed by atoms with Crippen molar-refractivity contribution in [1.82, 2.24) is 9.29 Å². The first-order valence-electron chi connectivity index (χ1n) is 7.31. The summed E-state index contributed by atoms with van der Waals surface area (Å²) in [7, 11) is -3.41. The summed E-state index contributed by atoms with van der Waals surface area (Å²) in [5.74, 6) is 0.610. The van der Waals surface area contributed by atoms with Crippen molar-refractivity contribution in [1.29, 1.82) is 0 Å². The molecule has 20 heavy (non-hydrogen) atoms. The number of piperidine rings is 1. The van der Waals surface area contributed by atoms with Gasteiger partial charge in [0.15, 0.2) is 0 Å². The van der Waals surface area contributed by atoms with E-state index in [2.05, 4.69) is 17.2 Å². The Morgan fingerprint density at radius 3 is 2.90 bits per heavy atom. The SMILES string of the molecule is CCNc1cc(S(=O)(=O)N2CCCCC2CC)ccn1. The van der Waals surface area contributed by atoms with Gasteiger partial charge in [0, 0.05) is 31.4 Å². The quantitative estimate of drug-likeness (QED) is 0.907. The molecule has 1 aliphatic rings. The molecule has 1 atom stereocenters. The summed E-state index contributed by atoms with van der Waals surface area (Å²) in [4.78, 5) is 4.47. The van der Waals surface area contributed by atoms with Gasteiger partial charge in [0.25, 0.3) is 0 Å². The van der Waals surface area contributed by atoms with Gasteiger partial charge in [-0.05, 0) is 32.3 Å². The maximum atomic E-state index is 12.8. The fourth-order valence-electron chi connectivity index (χ4n) is 2.68. The molecule has 1 aromatic heterocycles. The molecule has 1 N–H and O–H groups in total. The van der Waals surface area contributed by atoms with Crippen LogP contribution in [-0.2, 0) is 10.0 Å². The second-order valence-electron chi connectivity index (χ2n) is 5.08. The van der Waals surface area contributed by atoms with E-state index in [4.69, 9.17) is 0 Å². The van der Waals surface area contributed by atoms with Crippen molar-refractivity contribution in [3.05, 3.63) is 18.3 Å². The van der Waals surface area contributed by atoms with Crippen LogP contribution in [0.4, 0.5) is 5.82 Å². The predicted molar refractivity (Wildman–Crippen MR) is 80.2 cm³/mol. The minimum absolute atomic E-state index is 0.129. The Labute approximate surface area is 121 Å². The number of rotatable bonds is 5. The summed E-state index contributed by atoms with van der Waals surface area (Å²) in [6.07, 6.45) is 5.44. The van der Waals surface area contributed by atoms with Crippen LogP contribution in [0.2, 0.25) is 0 Å². The standard InChI is InChI=1S/C14H23N3O2S/c1-3-12-7-5-6-10-17(12)20(18,19)13-8-9-16-14(11-13)15-4-2/h8-9,11-12H,3-7,10H2,1-2H3,(H,15,16). The molecule has 1 saturated heterocycles. The summed E-state index contributed by atoms with van der Waals surface area (Å²) < 4.78 is 27.2. The molecule has 0 aromatic carbocycles. The first-order valence-corrected chi connectivity index (χ1v) is 8.75. The first-order chi connectivity index (χ1) is 9.59. The van der Waals surface area contributed by atoms with E-state index in [-0.39, 0.29) is 6.04 Å². The van der Waals surface area contributed by atoms with Crippen LogP contribution in [0.25, 0.3) is 0 Å². The van der Waals surface area contributed by atoms with Crippen LogP contribution in [0, 0.1) is 0 Å². The second kappa shape index (κ2) is 6.54. The summed E-state index contributed by atoms with van der Waals surface area (Å²) in [5, 5.41) is 3.05. The third-order valence-corrected chi connectivity index (χ3v) is 5.69. The monoisotopic (exact) mass is 297 g/mol. The summed E-state index contributed by atoms with van der Waals surface area (Å²) in [5.41, 5.74) is 0. The van der Waals surface area contributed by atoms with E-state index in [1.54, 1.807) is 22.6 Å². The molecule has 1 aromatic rings. The number of sulfonamides is 1. The topological polar surface area (TPSA) is 62.3 Å². The molecule has 1 unspecified atom stereocenters. The van der Waals surface area contributed by atoms with Crippen LogP contribution in [0.5, 0.6) is 0 Å². The van der Waals surface area contributed by atoms with E-state index in [0.29, 0.717) is 17.3 Å². The van der Waals surface area contributed by atoms with E-state index in [1.807, 2.05) is 6.92 Å². The molecule has 0 amide bonds. The maximum Gasteiger partial charge on any atom is 0.243 e. The third kappa shape index (κ3) is 3.12. The van der Waals surface area contributed by atoms with Crippen LogP contribution >= 0.6 is 0 Å². The average molecular weight is 297 g/mol. The molecule has 0 saturated carbocycles. The lowest BCUT2D eigenvalue weighted by Crippen LogP contribution is -2.43. The van der Waals surface area contributed by atoms with Crippen LogP contribution in [-0.4, -0.2) is 36.8 Å². The molecule has 1 aliphatic heterocycles. The predicted octanol–water partition coefficient (Wildman–Crippen LogP) is 2.47. The van der Waals surface area contributed by atoms with Crippen molar-refractivity contribution in [2.24, 2.45) is 0 Å². The van der Waals surface area contributed by atoms with Gasteiger partial charge < -0.3 is 5.32 Å². The average Bonchev–Trinajstić information content (AvgIpc) is 2.48. The number of nitrogens with zero attached hydrogens (tertiary/aromatic N) is 2. The van der Waals surface area contributed by atoms with Gasteiger partial charge in [0.05, 0.1) is 4.90 Å².